The molecule has 2 heterocycles. The minimum absolute atomic E-state index is 0.00725. The van der Waals surface area contributed by atoms with Crippen LogP contribution in [0.25, 0.3) is 0 Å². The number of carbonyl (C=O) groups is 1. The molecule has 25 heavy (non-hydrogen) atoms. The maximum Gasteiger partial charge on any atom is 0.244 e. The van der Waals surface area contributed by atoms with Gasteiger partial charge in [0.1, 0.15) is 5.82 Å². The zero-order valence-corrected chi connectivity index (χ0v) is 13.9. The van der Waals surface area contributed by atoms with Gasteiger partial charge in [-0.3, -0.25) is 15.1 Å². The molecule has 0 unspecified atom stereocenters. The molecule has 1 aliphatic rings. The van der Waals surface area contributed by atoms with Crippen LogP contribution in [0, 0.1) is 17.1 Å². The number of hydrogen-bond donors (Lipinski definition) is 1. The van der Waals surface area contributed by atoms with Gasteiger partial charge in [-0.2, -0.15) is 5.26 Å². The Balaban J connectivity index is 1.72. The number of halogens is 1. The van der Waals surface area contributed by atoms with Gasteiger partial charge in [-0.25, -0.2) is 4.39 Å². The normalized spacial score (nSPS) is 18.7. The Morgan fingerprint density at radius 3 is 2.80 bits per heavy atom. The third-order valence-electron chi connectivity index (χ3n) is 4.42. The lowest BCUT2D eigenvalue weighted by Crippen LogP contribution is -2.51. The van der Waals surface area contributed by atoms with Gasteiger partial charge in [0.15, 0.2) is 0 Å². The Kier molecular flexibility index (Phi) is 5.05. The van der Waals surface area contributed by atoms with E-state index in [1.165, 1.54) is 6.07 Å². The number of benzene rings is 1. The summed E-state index contributed by atoms with van der Waals surface area (Å²) in [5.74, 6) is -0.396. The van der Waals surface area contributed by atoms with E-state index in [0.717, 1.165) is 24.7 Å². The van der Waals surface area contributed by atoms with Crippen molar-refractivity contribution in [2.45, 2.75) is 31.8 Å². The van der Waals surface area contributed by atoms with Crippen LogP contribution in [0.2, 0.25) is 0 Å². The summed E-state index contributed by atoms with van der Waals surface area (Å²) < 4.78 is 13.3. The van der Waals surface area contributed by atoms with Crippen LogP contribution in [0.5, 0.6) is 0 Å². The summed E-state index contributed by atoms with van der Waals surface area (Å²) in [7, 11) is 0. The van der Waals surface area contributed by atoms with Gasteiger partial charge >= 0.3 is 0 Å². The molecule has 2 atom stereocenters. The molecule has 0 radical (unpaired) electrons. The van der Waals surface area contributed by atoms with Gasteiger partial charge in [0, 0.05) is 24.5 Å². The first-order chi connectivity index (χ1) is 12.1. The summed E-state index contributed by atoms with van der Waals surface area (Å²) in [4.78, 5) is 18.4. The van der Waals surface area contributed by atoms with Crippen LogP contribution >= 0.6 is 0 Å². The number of pyridine rings is 1. The van der Waals surface area contributed by atoms with Gasteiger partial charge < -0.3 is 4.90 Å². The van der Waals surface area contributed by atoms with Gasteiger partial charge in [-0.05, 0) is 55.7 Å². The zero-order chi connectivity index (χ0) is 17.8. The fourth-order valence-corrected chi connectivity index (χ4v) is 3.07. The van der Waals surface area contributed by atoms with E-state index in [-0.39, 0.29) is 23.8 Å². The van der Waals surface area contributed by atoms with Crippen LogP contribution in [-0.4, -0.2) is 23.5 Å². The van der Waals surface area contributed by atoms with Crippen LogP contribution in [0.15, 0.2) is 42.7 Å². The number of nitrogens with one attached hydrogen (secondary N) is 1. The average molecular weight is 338 g/mol. The van der Waals surface area contributed by atoms with E-state index in [1.807, 2.05) is 6.92 Å². The highest BCUT2D eigenvalue weighted by Gasteiger charge is 2.30. The first-order valence-corrected chi connectivity index (χ1v) is 8.26. The van der Waals surface area contributed by atoms with E-state index in [9.17, 15) is 9.18 Å². The highest BCUT2D eigenvalue weighted by molar-refractivity contribution is 5.98. The fourth-order valence-electron chi connectivity index (χ4n) is 3.07. The van der Waals surface area contributed by atoms with E-state index in [2.05, 4.69) is 16.4 Å². The lowest BCUT2D eigenvalue weighted by molar-refractivity contribution is -0.122. The summed E-state index contributed by atoms with van der Waals surface area (Å²) in [6.07, 6.45) is 4.37. The van der Waals surface area contributed by atoms with Crippen molar-refractivity contribution >= 4 is 11.6 Å². The second-order valence-corrected chi connectivity index (χ2v) is 6.17. The van der Waals surface area contributed by atoms with E-state index < -0.39 is 0 Å². The van der Waals surface area contributed by atoms with Crippen LogP contribution in [0.4, 0.5) is 10.1 Å². The first kappa shape index (κ1) is 17.1. The Hall–Kier alpha value is -2.78. The largest absolute Gasteiger partial charge is 0.311 e. The van der Waals surface area contributed by atoms with Crippen molar-refractivity contribution in [3.05, 3.63) is 59.7 Å². The van der Waals surface area contributed by atoms with Crippen molar-refractivity contribution in [2.75, 3.05) is 11.4 Å². The maximum atomic E-state index is 13.3. The van der Waals surface area contributed by atoms with Crippen molar-refractivity contribution < 1.29 is 9.18 Å². The SMILES string of the molecule is C[C@H](N[C@@H]1CCCN(c2ccc(C#N)cc2)C1=O)c1cncc(F)c1. The predicted molar refractivity (Wildman–Crippen MR) is 92.3 cm³/mol. The van der Waals surface area contributed by atoms with E-state index in [0.29, 0.717) is 17.7 Å². The molecular weight excluding hydrogens is 319 g/mol. The van der Waals surface area contributed by atoms with Crippen molar-refractivity contribution in [1.29, 1.82) is 5.26 Å². The average Bonchev–Trinajstić information content (AvgIpc) is 2.63. The van der Waals surface area contributed by atoms with Crippen LogP contribution in [0.1, 0.15) is 36.9 Å². The summed E-state index contributed by atoms with van der Waals surface area (Å²) in [5, 5.41) is 12.2. The molecule has 1 fully saturated rings. The zero-order valence-electron chi connectivity index (χ0n) is 13.9. The third-order valence-corrected chi connectivity index (χ3v) is 4.42. The summed E-state index contributed by atoms with van der Waals surface area (Å²) in [6, 6.07) is 9.99. The number of carbonyl (C=O) groups excluding carboxylic acids is 1. The topological polar surface area (TPSA) is 69.0 Å². The van der Waals surface area contributed by atoms with Crippen molar-refractivity contribution in [3.63, 3.8) is 0 Å². The second-order valence-electron chi connectivity index (χ2n) is 6.17. The lowest BCUT2D eigenvalue weighted by atomic mass is 10.0. The van der Waals surface area contributed by atoms with Crippen LogP contribution in [-0.2, 0) is 4.79 Å². The number of rotatable bonds is 4. The maximum absolute atomic E-state index is 13.3. The van der Waals surface area contributed by atoms with Gasteiger partial charge in [0.05, 0.1) is 23.9 Å². The minimum Gasteiger partial charge on any atom is -0.311 e. The van der Waals surface area contributed by atoms with Gasteiger partial charge in [0.25, 0.3) is 0 Å². The number of piperidine rings is 1. The highest BCUT2D eigenvalue weighted by Crippen LogP contribution is 2.23. The smallest absolute Gasteiger partial charge is 0.244 e. The molecule has 0 bridgehead atoms. The quantitative estimate of drug-likeness (QED) is 0.930. The molecule has 0 aliphatic carbocycles. The number of nitrogens with zero attached hydrogens (tertiary/aromatic N) is 3. The van der Waals surface area contributed by atoms with E-state index in [1.54, 1.807) is 35.4 Å². The van der Waals surface area contributed by atoms with Gasteiger partial charge in [-0.1, -0.05) is 0 Å². The number of aromatic nitrogens is 1. The monoisotopic (exact) mass is 338 g/mol. The number of nitriles is 1. The van der Waals surface area contributed by atoms with E-state index in [4.69, 9.17) is 5.26 Å². The molecule has 0 spiro atoms. The predicted octanol–water partition coefficient (Wildman–Crippen LogP) is 2.94. The Labute approximate surface area is 146 Å². The van der Waals surface area contributed by atoms with E-state index >= 15 is 0 Å². The van der Waals surface area contributed by atoms with Crippen LogP contribution < -0.4 is 10.2 Å². The number of anilines is 1. The highest BCUT2D eigenvalue weighted by atomic mass is 19.1. The summed E-state index contributed by atoms with van der Waals surface area (Å²) >= 11 is 0. The van der Waals surface area contributed by atoms with Crippen molar-refractivity contribution in [1.82, 2.24) is 10.3 Å². The first-order valence-electron chi connectivity index (χ1n) is 8.26. The number of hydrogen-bond acceptors (Lipinski definition) is 4. The number of amides is 1. The van der Waals surface area contributed by atoms with Crippen molar-refractivity contribution in [2.24, 2.45) is 0 Å². The molecule has 3 rings (SSSR count). The minimum atomic E-state index is -0.389. The Morgan fingerprint density at radius 1 is 1.36 bits per heavy atom. The molecule has 1 N–H and O–H groups in total. The molecule has 0 saturated carbocycles. The summed E-state index contributed by atoms with van der Waals surface area (Å²) in [6.45, 7) is 2.54. The molecule has 1 amide bonds. The molecular formula is C19H19FN4O. The standard InChI is InChI=1S/C19H19FN4O/c1-13(15-9-16(20)12-22-11-15)23-18-3-2-8-24(19(18)25)17-6-4-14(10-21)5-7-17/h4-7,9,11-13,18,23H,2-3,8H2,1H3/t13-,18+/m0/s1. The third kappa shape index (κ3) is 3.83. The molecule has 1 aliphatic heterocycles. The van der Waals surface area contributed by atoms with Crippen LogP contribution in [0.3, 0.4) is 0 Å². The molecule has 5 nitrogen and oxygen atoms in total. The molecule has 1 aromatic heterocycles. The Morgan fingerprint density at radius 2 is 2.12 bits per heavy atom. The van der Waals surface area contributed by atoms with Crippen molar-refractivity contribution in [3.8, 4) is 6.07 Å². The molecule has 6 heteroatoms. The molecule has 1 saturated heterocycles. The van der Waals surface area contributed by atoms with Gasteiger partial charge in [0.2, 0.25) is 5.91 Å². The lowest BCUT2D eigenvalue weighted by Gasteiger charge is -2.34. The molecule has 128 valence electrons. The summed E-state index contributed by atoms with van der Waals surface area (Å²) in [5.41, 5.74) is 2.06. The van der Waals surface area contributed by atoms with Gasteiger partial charge in [-0.15, -0.1) is 0 Å². The molecule has 1 aromatic carbocycles. The fraction of sp³-hybridized carbons (Fsp3) is 0.316. The molecule has 2 aromatic rings. The second kappa shape index (κ2) is 7.41. The Bertz CT molecular complexity index is 800.